The molecule has 26 heavy (non-hydrogen) atoms. The lowest BCUT2D eigenvalue weighted by molar-refractivity contribution is 0.121. The molecule has 0 unspecified atom stereocenters. The number of benzene rings is 1. The number of hydrogen-bond donors (Lipinski definition) is 1. The largest absolute Gasteiger partial charge is 0.392 e. The summed E-state index contributed by atoms with van der Waals surface area (Å²) in [5.41, 5.74) is 1.87. The summed E-state index contributed by atoms with van der Waals surface area (Å²) >= 11 is 0. The van der Waals surface area contributed by atoms with Gasteiger partial charge in [-0.2, -0.15) is 0 Å². The third-order valence-electron chi connectivity index (χ3n) is 5.04. The van der Waals surface area contributed by atoms with Crippen molar-refractivity contribution in [1.29, 1.82) is 0 Å². The fraction of sp³-hybridized carbons (Fsp3) is 0.579. The zero-order valence-electron chi connectivity index (χ0n) is 15.3. The van der Waals surface area contributed by atoms with E-state index in [2.05, 4.69) is 14.7 Å². The van der Waals surface area contributed by atoms with Crippen molar-refractivity contribution in [1.82, 2.24) is 14.9 Å². The monoisotopic (exact) mass is 357 g/mol. The Morgan fingerprint density at radius 3 is 2.00 bits per heavy atom. The van der Waals surface area contributed by atoms with Crippen LogP contribution in [0.15, 0.2) is 24.3 Å². The van der Waals surface area contributed by atoms with Gasteiger partial charge >= 0.3 is 0 Å². The molecule has 2 saturated heterocycles. The van der Waals surface area contributed by atoms with E-state index >= 15 is 0 Å². The van der Waals surface area contributed by atoms with E-state index in [1.54, 1.807) is 0 Å². The van der Waals surface area contributed by atoms with Crippen LogP contribution < -0.4 is 9.80 Å². The first-order valence-corrected chi connectivity index (χ1v) is 9.45. The van der Waals surface area contributed by atoms with Crippen LogP contribution in [0.25, 0.3) is 11.0 Å². The Hall–Kier alpha value is -1.96. The molecule has 7 nitrogen and oxygen atoms in total. The summed E-state index contributed by atoms with van der Waals surface area (Å²) in [6, 6.07) is 8.07. The molecule has 0 spiro atoms. The third-order valence-corrected chi connectivity index (χ3v) is 5.04. The first-order chi connectivity index (χ1) is 12.7. The molecule has 0 saturated carbocycles. The van der Waals surface area contributed by atoms with Gasteiger partial charge in [-0.3, -0.25) is 4.90 Å². The second-order valence-corrected chi connectivity index (χ2v) is 7.10. The number of aliphatic hydroxyl groups excluding tert-OH is 1. The van der Waals surface area contributed by atoms with Crippen molar-refractivity contribution in [3.05, 3.63) is 24.3 Å². The highest BCUT2D eigenvalue weighted by atomic mass is 16.5. The first-order valence-electron chi connectivity index (χ1n) is 9.45. The zero-order chi connectivity index (χ0) is 17.9. The van der Waals surface area contributed by atoms with Crippen LogP contribution in [0.2, 0.25) is 0 Å². The lowest BCUT2D eigenvalue weighted by atomic mass is 10.2. The number of rotatable bonds is 4. The Morgan fingerprint density at radius 2 is 1.46 bits per heavy atom. The van der Waals surface area contributed by atoms with Gasteiger partial charge < -0.3 is 19.6 Å². The highest BCUT2D eigenvalue weighted by Crippen LogP contribution is 2.29. The number of ether oxygens (including phenoxy) is 1. The lowest BCUT2D eigenvalue weighted by Gasteiger charge is -2.38. The maximum atomic E-state index is 9.62. The molecular weight excluding hydrogens is 330 g/mol. The normalized spacial score (nSPS) is 20.5. The van der Waals surface area contributed by atoms with Crippen molar-refractivity contribution >= 4 is 22.7 Å². The van der Waals surface area contributed by atoms with Gasteiger partial charge in [-0.25, -0.2) is 9.97 Å². The van der Waals surface area contributed by atoms with E-state index in [0.29, 0.717) is 0 Å². The van der Waals surface area contributed by atoms with E-state index in [4.69, 9.17) is 14.7 Å². The predicted octanol–water partition coefficient (Wildman–Crippen LogP) is 0.969. The summed E-state index contributed by atoms with van der Waals surface area (Å²) in [6.07, 6.45) is -0.286. The number of β-amino-alcohol motifs (C(OH)–C–C–N with tert-alkyl or cyclic N) is 1. The number of morpholine rings is 1. The van der Waals surface area contributed by atoms with Gasteiger partial charge in [0.1, 0.15) is 0 Å². The number of piperazine rings is 1. The van der Waals surface area contributed by atoms with Gasteiger partial charge in [-0.15, -0.1) is 0 Å². The average molecular weight is 357 g/mol. The maximum Gasteiger partial charge on any atom is 0.172 e. The van der Waals surface area contributed by atoms with E-state index in [1.807, 2.05) is 31.2 Å². The van der Waals surface area contributed by atoms with Crippen LogP contribution in [0, 0.1) is 0 Å². The molecule has 1 aromatic carbocycles. The first kappa shape index (κ1) is 17.5. The SMILES string of the molecule is C[C@@H](O)CN1CCN(c2nc3ccccc3nc2N2CCOCC2)CC1. The predicted molar refractivity (Wildman–Crippen MR) is 103 cm³/mol. The number of para-hydroxylation sites is 2. The van der Waals surface area contributed by atoms with Crippen LogP contribution in [0.4, 0.5) is 11.6 Å². The number of aliphatic hydroxyl groups is 1. The van der Waals surface area contributed by atoms with Crippen LogP contribution in [0.5, 0.6) is 0 Å². The minimum atomic E-state index is -0.286. The third kappa shape index (κ3) is 3.75. The molecule has 2 aliphatic heterocycles. The second kappa shape index (κ2) is 7.73. The van der Waals surface area contributed by atoms with E-state index < -0.39 is 0 Å². The van der Waals surface area contributed by atoms with Crippen molar-refractivity contribution in [3.63, 3.8) is 0 Å². The molecule has 7 heteroatoms. The van der Waals surface area contributed by atoms with Gasteiger partial charge in [-0.1, -0.05) is 12.1 Å². The Morgan fingerprint density at radius 1 is 0.923 bits per heavy atom. The minimum Gasteiger partial charge on any atom is -0.392 e. The summed E-state index contributed by atoms with van der Waals surface area (Å²) in [7, 11) is 0. The summed E-state index contributed by atoms with van der Waals surface area (Å²) < 4.78 is 5.51. The molecule has 0 amide bonds. The van der Waals surface area contributed by atoms with Gasteiger partial charge in [0.2, 0.25) is 0 Å². The summed E-state index contributed by atoms with van der Waals surface area (Å²) in [5, 5.41) is 9.62. The van der Waals surface area contributed by atoms with Gasteiger partial charge in [-0.05, 0) is 19.1 Å². The van der Waals surface area contributed by atoms with Crippen LogP contribution in [-0.2, 0) is 4.74 Å². The van der Waals surface area contributed by atoms with Crippen LogP contribution in [-0.4, -0.2) is 85.1 Å². The van der Waals surface area contributed by atoms with Gasteiger partial charge in [0, 0.05) is 45.8 Å². The van der Waals surface area contributed by atoms with E-state index in [9.17, 15) is 5.11 Å². The molecule has 1 aromatic heterocycles. The zero-order valence-corrected chi connectivity index (χ0v) is 15.3. The number of anilines is 2. The lowest BCUT2D eigenvalue weighted by Crippen LogP contribution is -2.49. The number of hydrogen-bond acceptors (Lipinski definition) is 7. The Balaban J connectivity index is 1.62. The van der Waals surface area contributed by atoms with E-state index in [-0.39, 0.29) is 6.10 Å². The van der Waals surface area contributed by atoms with Crippen molar-refractivity contribution in [3.8, 4) is 0 Å². The minimum absolute atomic E-state index is 0.286. The fourth-order valence-corrected chi connectivity index (χ4v) is 3.70. The van der Waals surface area contributed by atoms with E-state index in [1.165, 1.54) is 0 Å². The summed E-state index contributed by atoms with van der Waals surface area (Å²) in [4.78, 5) is 16.9. The molecule has 3 heterocycles. The maximum absolute atomic E-state index is 9.62. The number of nitrogens with zero attached hydrogens (tertiary/aromatic N) is 5. The van der Waals surface area contributed by atoms with Gasteiger partial charge in [0.05, 0.1) is 30.4 Å². The quantitative estimate of drug-likeness (QED) is 0.875. The van der Waals surface area contributed by atoms with Crippen molar-refractivity contribution in [2.24, 2.45) is 0 Å². The molecule has 0 bridgehead atoms. The standard InChI is InChI=1S/C19H27N5O2/c1-15(25)14-22-6-8-23(9-7-22)18-19(24-10-12-26-13-11-24)21-17-5-3-2-4-16(17)20-18/h2-5,15,25H,6-14H2,1H3/t15-/m1/s1. The topological polar surface area (TPSA) is 65.0 Å². The van der Waals surface area contributed by atoms with Crippen LogP contribution in [0.3, 0.4) is 0 Å². The molecule has 2 aliphatic rings. The van der Waals surface area contributed by atoms with Gasteiger partial charge in [0.15, 0.2) is 11.6 Å². The molecule has 1 N–H and O–H groups in total. The van der Waals surface area contributed by atoms with E-state index in [0.717, 1.165) is 81.7 Å². The molecule has 0 radical (unpaired) electrons. The fourth-order valence-electron chi connectivity index (χ4n) is 3.70. The highest BCUT2D eigenvalue weighted by molar-refractivity contribution is 5.81. The average Bonchev–Trinajstić information content (AvgIpc) is 2.68. The smallest absolute Gasteiger partial charge is 0.172 e. The molecule has 2 aromatic rings. The van der Waals surface area contributed by atoms with Crippen LogP contribution >= 0.6 is 0 Å². The Bertz CT molecular complexity index is 740. The molecular formula is C19H27N5O2. The highest BCUT2D eigenvalue weighted by Gasteiger charge is 2.25. The Labute approximate surface area is 154 Å². The Kier molecular flexibility index (Phi) is 5.19. The van der Waals surface area contributed by atoms with Crippen molar-refractivity contribution in [2.75, 3.05) is 68.8 Å². The molecule has 4 rings (SSSR count). The molecule has 2 fully saturated rings. The number of aromatic nitrogens is 2. The van der Waals surface area contributed by atoms with Crippen molar-refractivity contribution in [2.45, 2.75) is 13.0 Å². The molecule has 1 atom stereocenters. The summed E-state index contributed by atoms with van der Waals surface area (Å²) in [6.45, 7) is 9.40. The second-order valence-electron chi connectivity index (χ2n) is 7.10. The van der Waals surface area contributed by atoms with Gasteiger partial charge in [0.25, 0.3) is 0 Å². The van der Waals surface area contributed by atoms with Crippen LogP contribution in [0.1, 0.15) is 6.92 Å². The molecule has 0 aliphatic carbocycles. The number of fused-ring (bicyclic) bond motifs is 1. The van der Waals surface area contributed by atoms with Crippen molar-refractivity contribution < 1.29 is 9.84 Å². The molecule has 140 valence electrons. The summed E-state index contributed by atoms with van der Waals surface area (Å²) in [5.74, 6) is 1.94.